The molecule has 0 fully saturated rings. The summed E-state index contributed by atoms with van der Waals surface area (Å²) in [5, 5.41) is 0. The Morgan fingerprint density at radius 1 is 1.06 bits per heavy atom. The highest BCUT2D eigenvalue weighted by molar-refractivity contribution is 5.68. The molecule has 0 bridgehead atoms. The average Bonchev–Trinajstić information content (AvgIpc) is 2.26. The van der Waals surface area contributed by atoms with Crippen molar-refractivity contribution in [2.24, 2.45) is 0 Å². The molecule has 2 rings (SSSR count). The topological polar surface area (TPSA) is 26.0 Å². The maximum atomic E-state index is 13.5. The molecule has 1 nitrogen and oxygen atoms in total. The van der Waals surface area contributed by atoms with E-state index in [2.05, 4.69) is 0 Å². The van der Waals surface area contributed by atoms with E-state index in [-0.39, 0.29) is 5.56 Å². The SMILES string of the molecule is Cc1cc(-c2cccc(F)c2F)ccc1N. The second-order valence-electron chi connectivity index (χ2n) is 3.67. The molecule has 0 aliphatic carbocycles. The summed E-state index contributed by atoms with van der Waals surface area (Å²) in [6, 6.07) is 9.24. The first-order chi connectivity index (χ1) is 7.59. The third kappa shape index (κ3) is 1.76. The maximum absolute atomic E-state index is 13.5. The van der Waals surface area contributed by atoms with Gasteiger partial charge in [0.1, 0.15) is 0 Å². The first-order valence-electron chi connectivity index (χ1n) is 4.90. The number of aryl methyl sites for hydroxylation is 1. The molecule has 0 radical (unpaired) electrons. The second-order valence-corrected chi connectivity index (χ2v) is 3.67. The van der Waals surface area contributed by atoms with Gasteiger partial charge < -0.3 is 5.73 Å². The van der Waals surface area contributed by atoms with E-state index < -0.39 is 11.6 Å². The summed E-state index contributed by atoms with van der Waals surface area (Å²) in [5.41, 5.74) is 8.04. The van der Waals surface area contributed by atoms with Gasteiger partial charge in [0.2, 0.25) is 0 Å². The van der Waals surface area contributed by atoms with Crippen LogP contribution in [0.15, 0.2) is 36.4 Å². The normalized spacial score (nSPS) is 10.4. The lowest BCUT2D eigenvalue weighted by atomic mass is 10.0. The van der Waals surface area contributed by atoms with Crippen molar-refractivity contribution in [1.29, 1.82) is 0 Å². The Labute approximate surface area is 92.5 Å². The van der Waals surface area contributed by atoms with Gasteiger partial charge in [0, 0.05) is 11.3 Å². The lowest BCUT2D eigenvalue weighted by Gasteiger charge is -2.06. The van der Waals surface area contributed by atoms with Gasteiger partial charge in [-0.3, -0.25) is 0 Å². The largest absolute Gasteiger partial charge is 0.399 e. The highest BCUT2D eigenvalue weighted by Gasteiger charge is 2.09. The first kappa shape index (κ1) is 10.6. The number of halogens is 2. The molecule has 0 aliphatic heterocycles. The molecule has 82 valence electrons. The van der Waals surface area contributed by atoms with Crippen LogP contribution in [0.4, 0.5) is 14.5 Å². The fourth-order valence-electron chi connectivity index (χ4n) is 1.57. The molecule has 2 N–H and O–H groups in total. The molecule has 0 saturated carbocycles. The minimum Gasteiger partial charge on any atom is -0.399 e. The van der Waals surface area contributed by atoms with E-state index in [0.29, 0.717) is 11.3 Å². The van der Waals surface area contributed by atoms with Crippen molar-refractivity contribution in [3.63, 3.8) is 0 Å². The van der Waals surface area contributed by atoms with Crippen LogP contribution in [0.1, 0.15) is 5.56 Å². The second kappa shape index (κ2) is 3.93. The van der Waals surface area contributed by atoms with Gasteiger partial charge >= 0.3 is 0 Å². The fraction of sp³-hybridized carbons (Fsp3) is 0.0769. The smallest absolute Gasteiger partial charge is 0.166 e. The van der Waals surface area contributed by atoms with Gasteiger partial charge in [0.05, 0.1) is 0 Å². The molecular weight excluding hydrogens is 208 g/mol. The summed E-state index contributed by atoms with van der Waals surface area (Å²) in [6.07, 6.45) is 0. The van der Waals surface area contributed by atoms with E-state index in [9.17, 15) is 8.78 Å². The summed E-state index contributed by atoms with van der Waals surface area (Å²) in [6.45, 7) is 1.83. The van der Waals surface area contributed by atoms with Crippen LogP contribution in [-0.2, 0) is 0 Å². The molecule has 0 aliphatic rings. The predicted octanol–water partition coefficient (Wildman–Crippen LogP) is 3.52. The van der Waals surface area contributed by atoms with E-state index in [0.717, 1.165) is 11.6 Å². The molecule has 0 heterocycles. The Morgan fingerprint density at radius 3 is 2.50 bits per heavy atom. The fourth-order valence-corrected chi connectivity index (χ4v) is 1.57. The quantitative estimate of drug-likeness (QED) is 0.729. The van der Waals surface area contributed by atoms with E-state index >= 15 is 0 Å². The Kier molecular flexibility index (Phi) is 2.60. The van der Waals surface area contributed by atoms with Gasteiger partial charge in [-0.2, -0.15) is 0 Å². The molecule has 16 heavy (non-hydrogen) atoms. The van der Waals surface area contributed by atoms with Crippen molar-refractivity contribution in [2.45, 2.75) is 6.92 Å². The van der Waals surface area contributed by atoms with Crippen LogP contribution in [-0.4, -0.2) is 0 Å². The molecule has 0 aromatic heterocycles. The zero-order valence-electron chi connectivity index (χ0n) is 8.80. The van der Waals surface area contributed by atoms with Crippen molar-refractivity contribution >= 4 is 5.69 Å². The molecule has 3 heteroatoms. The van der Waals surface area contributed by atoms with E-state index in [1.54, 1.807) is 24.3 Å². The lowest BCUT2D eigenvalue weighted by Crippen LogP contribution is -1.92. The van der Waals surface area contributed by atoms with E-state index in [1.165, 1.54) is 6.07 Å². The zero-order valence-corrected chi connectivity index (χ0v) is 8.80. The number of nitrogens with two attached hydrogens (primary N) is 1. The van der Waals surface area contributed by atoms with Gasteiger partial charge in [-0.1, -0.05) is 18.2 Å². The van der Waals surface area contributed by atoms with E-state index in [1.807, 2.05) is 6.92 Å². The minimum atomic E-state index is -0.841. The molecule has 0 amide bonds. The van der Waals surface area contributed by atoms with Crippen LogP contribution in [0.2, 0.25) is 0 Å². The van der Waals surface area contributed by atoms with Crippen LogP contribution in [0.5, 0.6) is 0 Å². The van der Waals surface area contributed by atoms with Crippen LogP contribution >= 0.6 is 0 Å². The molecule has 0 atom stereocenters. The molecular formula is C13H11F2N. The summed E-state index contributed by atoms with van der Waals surface area (Å²) in [7, 11) is 0. The monoisotopic (exact) mass is 219 g/mol. The van der Waals surface area contributed by atoms with Crippen molar-refractivity contribution < 1.29 is 8.78 Å². The number of hydrogen-bond acceptors (Lipinski definition) is 1. The summed E-state index contributed by atoms with van der Waals surface area (Å²) in [4.78, 5) is 0. The van der Waals surface area contributed by atoms with Crippen LogP contribution in [0, 0.1) is 18.6 Å². The summed E-state index contributed by atoms with van der Waals surface area (Å²) in [5.74, 6) is -1.67. The molecule has 0 spiro atoms. The first-order valence-corrected chi connectivity index (χ1v) is 4.90. The molecule has 0 saturated heterocycles. The Bertz CT molecular complexity index is 535. The van der Waals surface area contributed by atoms with Crippen molar-refractivity contribution in [3.8, 4) is 11.1 Å². The van der Waals surface area contributed by atoms with Gasteiger partial charge in [-0.15, -0.1) is 0 Å². The number of rotatable bonds is 1. The third-order valence-corrected chi connectivity index (χ3v) is 2.53. The molecule has 2 aromatic rings. The number of anilines is 1. The highest BCUT2D eigenvalue weighted by Crippen LogP contribution is 2.26. The molecule has 2 aromatic carbocycles. The van der Waals surface area contributed by atoms with Crippen LogP contribution in [0.25, 0.3) is 11.1 Å². The third-order valence-electron chi connectivity index (χ3n) is 2.53. The summed E-state index contributed by atoms with van der Waals surface area (Å²) >= 11 is 0. The van der Waals surface area contributed by atoms with E-state index in [4.69, 9.17) is 5.73 Å². The maximum Gasteiger partial charge on any atom is 0.166 e. The van der Waals surface area contributed by atoms with Gasteiger partial charge in [-0.05, 0) is 36.2 Å². The van der Waals surface area contributed by atoms with Crippen LogP contribution in [0.3, 0.4) is 0 Å². The summed E-state index contributed by atoms with van der Waals surface area (Å²) < 4.78 is 26.6. The van der Waals surface area contributed by atoms with Gasteiger partial charge in [0.15, 0.2) is 11.6 Å². The molecule has 0 unspecified atom stereocenters. The van der Waals surface area contributed by atoms with Crippen molar-refractivity contribution in [1.82, 2.24) is 0 Å². The number of hydrogen-bond donors (Lipinski definition) is 1. The highest BCUT2D eigenvalue weighted by atomic mass is 19.2. The van der Waals surface area contributed by atoms with Crippen molar-refractivity contribution in [3.05, 3.63) is 53.6 Å². The predicted molar refractivity (Wildman–Crippen MR) is 60.9 cm³/mol. The number of benzene rings is 2. The number of nitrogen functional groups attached to an aromatic ring is 1. The van der Waals surface area contributed by atoms with Gasteiger partial charge in [0.25, 0.3) is 0 Å². The standard InChI is InChI=1S/C13H11F2N/c1-8-7-9(5-6-12(8)16)10-3-2-4-11(14)13(10)15/h2-7H,16H2,1H3. The lowest BCUT2D eigenvalue weighted by molar-refractivity contribution is 0.511. The Hall–Kier alpha value is -1.90. The van der Waals surface area contributed by atoms with Crippen molar-refractivity contribution in [2.75, 3.05) is 5.73 Å². The van der Waals surface area contributed by atoms with Gasteiger partial charge in [-0.25, -0.2) is 8.78 Å². The van der Waals surface area contributed by atoms with Crippen LogP contribution < -0.4 is 5.73 Å². The average molecular weight is 219 g/mol. The minimum absolute atomic E-state index is 0.253. The Morgan fingerprint density at radius 2 is 1.81 bits per heavy atom. The Balaban J connectivity index is 2.59. The zero-order chi connectivity index (χ0) is 11.7.